The number of nitrogens with one attached hydrogen (secondary N) is 1. The maximum Gasteiger partial charge on any atom is 0.269 e. The van der Waals surface area contributed by atoms with Crippen LogP contribution >= 0.6 is 27.5 Å². The normalized spacial score (nSPS) is 11.9. The van der Waals surface area contributed by atoms with Gasteiger partial charge in [0.25, 0.3) is 5.69 Å². The molecule has 1 atom stereocenters. The van der Waals surface area contributed by atoms with Crippen LogP contribution in [0, 0.1) is 10.1 Å². The van der Waals surface area contributed by atoms with E-state index in [1.54, 1.807) is 18.2 Å². The number of hydrogen-bond acceptors (Lipinski definition) is 3. The Kier molecular flexibility index (Phi) is 4.62. The Morgan fingerprint density at radius 2 is 1.90 bits per heavy atom. The summed E-state index contributed by atoms with van der Waals surface area (Å²) in [5, 5.41) is 14.6. The van der Waals surface area contributed by atoms with E-state index in [4.69, 9.17) is 11.6 Å². The topological polar surface area (TPSA) is 55.2 Å². The fourth-order valence-electron chi connectivity index (χ4n) is 1.81. The van der Waals surface area contributed by atoms with Crippen molar-refractivity contribution in [2.24, 2.45) is 0 Å². The lowest BCUT2D eigenvalue weighted by atomic mass is 10.1. The molecule has 20 heavy (non-hydrogen) atoms. The number of benzene rings is 2. The number of hydrogen-bond donors (Lipinski definition) is 1. The zero-order valence-electron chi connectivity index (χ0n) is 10.6. The second-order valence-electron chi connectivity index (χ2n) is 4.34. The van der Waals surface area contributed by atoms with Crippen LogP contribution in [-0.4, -0.2) is 4.92 Å². The van der Waals surface area contributed by atoms with Crippen molar-refractivity contribution in [2.75, 3.05) is 5.32 Å². The molecule has 6 heteroatoms. The molecule has 0 aliphatic rings. The van der Waals surface area contributed by atoms with E-state index in [0.717, 1.165) is 15.7 Å². The first-order valence-corrected chi connectivity index (χ1v) is 7.10. The number of non-ortho nitro benzene ring substituents is 1. The summed E-state index contributed by atoms with van der Waals surface area (Å²) in [5.74, 6) is 0. The second kappa shape index (κ2) is 6.24. The Bertz CT molecular complexity index is 632. The number of nitro groups is 1. The summed E-state index contributed by atoms with van der Waals surface area (Å²) in [6, 6.07) is 12.0. The third-order valence-electron chi connectivity index (χ3n) is 2.90. The summed E-state index contributed by atoms with van der Waals surface area (Å²) < 4.78 is 0.913. The molecule has 104 valence electrons. The molecule has 0 spiro atoms. The van der Waals surface area contributed by atoms with Crippen molar-refractivity contribution in [3.05, 3.63) is 67.6 Å². The van der Waals surface area contributed by atoms with Crippen molar-refractivity contribution in [2.45, 2.75) is 13.0 Å². The van der Waals surface area contributed by atoms with Crippen LogP contribution in [0.1, 0.15) is 18.5 Å². The van der Waals surface area contributed by atoms with Crippen LogP contribution < -0.4 is 5.32 Å². The van der Waals surface area contributed by atoms with Gasteiger partial charge in [-0.05, 0) is 46.6 Å². The average Bonchev–Trinajstić information content (AvgIpc) is 2.43. The van der Waals surface area contributed by atoms with Crippen molar-refractivity contribution in [1.82, 2.24) is 0 Å². The molecule has 2 rings (SSSR count). The third kappa shape index (κ3) is 3.49. The Morgan fingerprint density at radius 1 is 1.25 bits per heavy atom. The molecule has 0 radical (unpaired) electrons. The molecule has 1 unspecified atom stereocenters. The predicted octanol–water partition coefficient (Wildman–Crippen LogP) is 5.18. The van der Waals surface area contributed by atoms with E-state index in [0.29, 0.717) is 5.02 Å². The minimum absolute atomic E-state index is 0.00516. The summed E-state index contributed by atoms with van der Waals surface area (Å²) in [7, 11) is 0. The van der Waals surface area contributed by atoms with Crippen molar-refractivity contribution < 1.29 is 4.92 Å². The van der Waals surface area contributed by atoms with Crippen LogP contribution in [0.15, 0.2) is 46.9 Å². The Labute approximate surface area is 130 Å². The Morgan fingerprint density at radius 3 is 2.50 bits per heavy atom. The van der Waals surface area contributed by atoms with Gasteiger partial charge >= 0.3 is 0 Å². The molecule has 0 saturated carbocycles. The summed E-state index contributed by atoms with van der Waals surface area (Å²) in [5.41, 5.74) is 1.93. The standard InChI is InChI=1S/C14H12BrClN2O2/c1-9(10-2-5-12(6-3-10)18(19)20)17-14-8-11(16)4-7-13(14)15/h2-9,17H,1H3. The van der Waals surface area contributed by atoms with E-state index in [-0.39, 0.29) is 11.7 Å². The van der Waals surface area contributed by atoms with Crippen LogP contribution in [0.2, 0.25) is 5.02 Å². The number of nitrogens with zero attached hydrogens (tertiary/aromatic N) is 1. The van der Waals surface area contributed by atoms with Gasteiger partial charge in [-0.15, -0.1) is 0 Å². The molecule has 0 aromatic heterocycles. The summed E-state index contributed by atoms with van der Waals surface area (Å²) in [4.78, 5) is 10.2. The first-order valence-electron chi connectivity index (χ1n) is 5.93. The van der Waals surface area contributed by atoms with Crippen molar-refractivity contribution in [3.63, 3.8) is 0 Å². The maximum atomic E-state index is 10.6. The van der Waals surface area contributed by atoms with Gasteiger partial charge < -0.3 is 5.32 Å². The van der Waals surface area contributed by atoms with E-state index in [1.807, 2.05) is 19.1 Å². The molecule has 2 aromatic rings. The fraction of sp³-hybridized carbons (Fsp3) is 0.143. The minimum Gasteiger partial charge on any atom is -0.378 e. The van der Waals surface area contributed by atoms with Crippen LogP contribution in [0.25, 0.3) is 0 Å². The monoisotopic (exact) mass is 354 g/mol. The zero-order chi connectivity index (χ0) is 14.7. The molecule has 0 aliphatic carbocycles. The fourth-order valence-corrected chi connectivity index (χ4v) is 2.34. The van der Waals surface area contributed by atoms with Gasteiger partial charge in [0.2, 0.25) is 0 Å². The van der Waals surface area contributed by atoms with Gasteiger partial charge in [-0.2, -0.15) is 0 Å². The first-order chi connectivity index (χ1) is 9.47. The molecule has 4 nitrogen and oxygen atoms in total. The molecule has 0 aliphatic heterocycles. The first kappa shape index (κ1) is 14.8. The molecule has 0 saturated heterocycles. The van der Waals surface area contributed by atoms with E-state index in [9.17, 15) is 10.1 Å². The predicted molar refractivity (Wildman–Crippen MR) is 84.3 cm³/mol. The number of anilines is 1. The summed E-state index contributed by atoms with van der Waals surface area (Å²) in [6.07, 6.45) is 0. The van der Waals surface area contributed by atoms with E-state index in [1.165, 1.54) is 12.1 Å². The van der Waals surface area contributed by atoms with Gasteiger partial charge in [-0.3, -0.25) is 10.1 Å². The Balaban J connectivity index is 2.17. The van der Waals surface area contributed by atoms with Crippen LogP contribution in [0.5, 0.6) is 0 Å². The quantitative estimate of drug-likeness (QED) is 0.607. The largest absolute Gasteiger partial charge is 0.378 e. The molecular weight excluding hydrogens is 344 g/mol. The molecule has 0 amide bonds. The molecular formula is C14H12BrClN2O2. The van der Waals surface area contributed by atoms with Crippen LogP contribution in [0.3, 0.4) is 0 Å². The van der Waals surface area contributed by atoms with Gasteiger partial charge in [-0.1, -0.05) is 23.7 Å². The molecule has 0 bridgehead atoms. The average molecular weight is 356 g/mol. The highest BCUT2D eigenvalue weighted by molar-refractivity contribution is 9.10. The lowest BCUT2D eigenvalue weighted by molar-refractivity contribution is -0.384. The summed E-state index contributed by atoms with van der Waals surface area (Å²) >= 11 is 9.42. The minimum atomic E-state index is -0.407. The lowest BCUT2D eigenvalue weighted by Crippen LogP contribution is -2.07. The van der Waals surface area contributed by atoms with Gasteiger partial charge in [-0.25, -0.2) is 0 Å². The van der Waals surface area contributed by atoms with Crippen molar-refractivity contribution in [1.29, 1.82) is 0 Å². The maximum absolute atomic E-state index is 10.6. The smallest absolute Gasteiger partial charge is 0.269 e. The molecule has 0 heterocycles. The van der Waals surface area contributed by atoms with Crippen LogP contribution in [-0.2, 0) is 0 Å². The second-order valence-corrected chi connectivity index (χ2v) is 5.63. The highest BCUT2D eigenvalue weighted by Crippen LogP contribution is 2.29. The zero-order valence-corrected chi connectivity index (χ0v) is 13.0. The van der Waals surface area contributed by atoms with Gasteiger partial charge in [0.1, 0.15) is 0 Å². The molecule has 1 N–H and O–H groups in total. The van der Waals surface area contributed by atoms with E-state index < -0.39 is 4.92 Å². The van der Waals surface area contributed by atoms with E-state index >= 15 is 0 Å². The summed E-state index contributed by atoms with van der Waals surface area (Å²) in [6.45, 7) is 1.98. The van der Waals surface area contributed by atoms with Crippen LogP contribution in [0.4, 0.5) is 11.4 Å². The lowest BCUT2D eigenvalue weighted by Gasteiger charge is -2.17. The molecule has 2 aromatic carbocycles. The van der Waals surface area contributed by atoms with E-state index in [2.05, 4.69) is 21.2 Å². The number of nitro benzene ring substituents is 1. The van der Waals surface area contributed by atoms with Crippen molar-refractivity contribution in [3.8, 4) is 0 Å². The third-order valence-corrected chi connectivity index (χ3v) is 3.83. The van der Waals surface area contributed by atoms with Gasteiger partial charge in [0.05, 0.1) is 10.6 Å². The van der Waals surface area contributed by atoms with Crippen molar-refractivity contribution >= 4 is 38.9 Å². The number of halogens is 2. The Hall–Kier alpha value is -1.59. The highest BCUT2D eigenvalue weighted by atomic mass is 79.9. The SMILES string of the molecule is CC(Nc1cc(Cl)ccc1Br)c1ccc([N+](=O)[O-])cc1. The van der Waals surface area contributed by atoms with Gasteiger partial charge in [0.15, 0.2) is 0 Å². The highest BCUT2D eigenvalue weighted by Gasteiger charge is 2.10. The van der Waals surface area contributed by atoms with Gasteiger partial charge in [0, 0.05) is 27.7 Å². The number of rotatable bonds is 4. The molecule has 0 fully saturated rings.